The highest BCUT2D eigenvalue weighted by atomic mass is 16.5. The minimum Gasteiger partial charge on any atom is -0.497 e. The fourth-order valence-electron chi connectivity index (χ4n) is 2.21. The zero-order valence-electron chi connectivity index (χ0n) is 14.6. The average Bonchev–Trinajstić information content (AvgIpc) is 2.45. The van der Waals surface area contributed by atoms with Crippen molar-refractivity contribution in [1.82, 2.24) is 9.97 Å². The lowest BCUT2D eigenvalue weighted by molar-refractivity contribution is 0.414. The van der Waals surface area contributed by atoms with Crippen LogP contribution < -0.4 is 15.4 Å². The van der Waals surface area contributed by atoms with E-state index < -0.39 is 0 Å². The molecule has 2 aromatic rings. The van der Waals surface area contributed by atoms with Gasteiger partial charge in [0.2, 0.25) is 5.95 Å². The van der Waals surface area contributed by atoms with Crippen molar-refractivity contribution < 1.29 is 4.74 Å². The number of hydrogen-bond acceptors (Lipinski definition) is 5. The maximum atomic E-state index is 5.25. The van der Waals surface area contributed by atoms with Gasteiger partial charge in [0.25, 0.3) is 0 Å². The van der Waals surface area contributed by atoms with Gasteiger partial charge < -0.3 is 15.4 Å². The van der Waals surface area contributed by atoms with E-state index in [-0.39, 0.29) is 5.54 Å². The standard InChI is InChI=1S/C18H26N4O/c1-13-11-16(21-17(20-13)22-18(2,3)4)19-10-9-14-7-6-8-15(12-14)23-5/h6-8,11-12H,9-10H2,1-5H3,(H2,19,20,21,22). The van der Waals surface area contributed by atoms with Gasteiger partial charge in [0.1, 0.15) is 11.6 Å². The summed E-state index contributed by atoms with van der Waals surface area (Å²) in [7, 11) is 1.69. The Kier molecular flexibility index (Phi) is 5.42. The highest BCUT2D eigenvalue weighted by Crippen LogP contribution is 2.15. The Bertz CT molecular complexity index is 650. The van der Waals surface area contributed by atoms with Crippen LogP contribution in [-0.2, 0) is 6.42 Å². The second-order valence-corrected chi connectivity index (χ2v) is 6.62. The summed E-state index contributed by atoms with van der Waals surface area (Å²) in [6, 6.07) is 10.1. The second kappa shape index (κ2) is 7.31. The van der Waals surface area contributed by atoms with Crippen molar-refractivity contribution in [1.29, 1.82) is 0 Å². The molecule has 2 N–H and O–H groups in total. The lowest BCUT2D eigenvalue weighted by atomic mass is 10.1. The summed E-state index contributed by atoms with van der Waals surface area (Å²) in [5.74, 6) is 2.38. The number of ether oxygens (including phenoxy) is 1. The number of aryl methyl sites for hydroxylation is 1. The molecule has 0 aliphatic carbocycles. The van der Waals surface area contributed by atoms with Gasteiger partial charge in [-0.3, -0.25) is 0 Å². The molecule has 1 aromatic carbocycles. The van der Waals surface area contributed by atoms with Gasteiger partial charge in [0, 0.05) is 23.8 Å². The SMILES string of the molecule is COc1cccc(CCNc2cc(C)nc(NC(C)(C)C)n2)c1. The van der Waals surface area contributed by atoms with E-state index in [1.165, 1.54) is 5.56 Å². The molecule has 0 fully saturated rings. The van der Waals surface area contributed by atoms with Crippen LogP contribution in [0, 0.1) is 6.92 Å². The number of hydrogen-bond donors (Lipinski definition) is 2. The number of nitrogens with one attached hydrogen (secondary N) is 2. The number of anilines is 2. The first-order chi connectivity index (χ1) is 10.9. The zero-order valence-corrected chi connectivity index (χ0v) is 14.6. The molecule has 1 heterocycles. The van der Waals surface area contributed by atoms with E-state index in [2.05, 4.69) is 53.5 Å². The molecule has 0 spiro atoms. The summed E-state index contributed by atoms with van der Waals surface area (Å²) >= 11 is 0. The van der Waals surface area contributed by atoms with Gasteiger partial charge in [-0.05, 0) is 51.8 Å². The number of nitrogens with zero attached hydrogens (tertiary/aromatic N) is 2. The summed E-state index contributed by atoms with van der Waals surface area (Å²) in [5, 5.41) is 6.67. The maximum absolute atomic E-state index is 5.25. The topological polar surface area (TPSA) is 59.1 Å². The van der Waals surface area contributed by atoms with Crippen molar-refractivity contribution in [3.05, 3.63) is 41.6 Å². The van der Waals surface area contributed by atoms with Crippen LogP contribution in [0.2, 0.25) is 0 Å². The molecular weight excluding hydrogens is 288 g/mol. The normalized spacial score (nSPS) is 11.2. The molecule has 124 valence electrons. The summed E-state index contributed by atoms with van der Waals surface area (Å²) in [6.45, 7) is 9.05. The second-order valence-electron chi connectivity index (χ2n) is 6.62. The number of benzene rings is 1. The van der Waals surface area contributed by atoms with Gasteiger partial charge in [-0.1, -0.05) is 12.1 Å². The molecule has 0 bridgehead atoms. The van der Waals surface area contributed by atoms with E-state index in [1.807, 2.05) is 25.1 Å². The Morgan fingerprint density at radius 1 is 1.13 bits per heavy atom. The van der Waals surface area contributed by atoms with Crippen LogP contribution in [0.25, 0.3) is 0 Å². The van der Waals surface area contributed by atoms with Crippen molar-refractivity contribution in [3.8, 4) is 5.75 Å². The van der Waals surface area contributed by atoms with E-state index >= 15 is 0 Å². The lowest BCUT2D eigenvalue weighted by Crippen LogP contribution is -2.27. The van der Waals surface area contributed by atoms with Gasteiger partial charge in [-0.2, -0.15) is 4.98 Å². The van der Waals surface area contributed by atoms with Crippen LogP contribution in [0.3, 0.4) is 0 Å². The third-order valence-electron chi connectivity index (χ3n) is 3.19. The molecule has 1 aromatic heterocycles. The molecule has 0 unspecified atom stereocenters. The monoisotopic (exact) mass is 314 g/mol. The molecule has 2 rings (SSSR count). The van der Waals surface area contributed by atoms with E-state index in [0.29, 0.717) is 5.95 Å². The highest BCUT2D eigenvalue weighted by molar-refractivity contribution is 5.43. The first-order valence-corrected chi connectivity index (χ1v) is 7.86. The van der Waals surface area contributed by atoms with Gasteiger partial charge in [-0.15, -0.1) is 0 Å². The Hall–Kier alpha value is -2.30. The van der Waals surface area contributed by atoms with Crippen molar-refractivity contribution >= 4 is 11.8 Å². The van der Waals surface area contributed by atoms with E-state index in [0.717, 1.165) is 30.2 Å². The molecule has 5 nitrogen and oxygen atoms in total. The van der Waals surface area contributed by atoms with Crippen LogP contribution in [0.1, 0.15) is 32.0 Å². The third kappa shape index (κ3) is 5.77. The smallest absolute Gasteiger partial charge is 0.225 e. The van der Waals surface area contributed by atoms with Crippen molar-refractivity contribution in [2.45, 2.75) is 39.7 Å². The lowest BCUT2D eigenvalue weighted by Gasteiger charge is -2.21. The average molecular weight is 314 g/mol. The molecule has 0 amide bonds. The van der Waals surface area contributed by atoms with Crippen LogP contribution in [-0.4, -0.2) is 29.2 Å². The quantitative estimate of drug-likeness (QED) is 0.852. The van der Waals surface area contributed by atoms with Gasteiger partial charge >= 0.3 is 0 Å². The van der Waals surface area contributed by atoms with Crippen molar-refractivity contribution in [2.24, 2.45) is 0 Å². The van der Waals surface area contributed by atoms with Crippen LogP contribution >= 0.6 is 0 Å². The van der Waals surface area contributed by atoms with E-state index in [9.17, 15) is 0 Å². The van der Waals surface area contributed by atoms with Crippen LogP contribution in [0.5, 0.6) is 5.75 Å². The van der Waals surface area contributed by atoms with Crippen LogP contribution in [0.15, 0.2) is 30.3 Å². The van der Waals surface area contributed by atoms with E-state index in [1.54, 1.807) is 7.11 Å². The number of aromatic nitrogens is 2. The summed E-state index contributed by atoms with van der Waals surface area (Å²) in [4.78, 5) is 8.96. The first kappa shape index (κ1) is 17.1. The van der Waals surface area contributed by atoms with Gasteiger partial charge in [0.15, 0.2) is 0 Å². The van der Waals surface area contributed by atoms with Gasteiger partial charge in [-0.25, -0.2) is 4.98 Å². The molecule has 0 saturated heterocycles. The van der Waals surface area contributed by atoms with Crippen LogP contribution in [0.4, 0.5) is 11.8 Å². The summed E-state index contributed by atoms with van der Waals surface area (Å²) in [5.41, 5.74) is 2.11. The van der Waals surface area contributed by atoms with Gasteiger partial charge in [0.05, 0.1) is 7.11 Å². The Morgan fingerprint density at radius 3 is 2.61 bits per heavy atom. The number of rotatable bonds is 6. The van der Waals surface area contributed by atoms with E-state index in [4.69, 9.17) is 4.74 Å². The minimum atomic E-state index is -0.0638. The predicted octanol–water partition coefficient (Wildman–Crippen LogP) is 3.66. The molecule has 23 heavy (non-hydrogen) atoms. The summed E-state index contributed by atoms with van der Waals surface area (Å²) < 4.78 is 5.25. The fraction of sp³-hybridized carbons (Fsp3) is 0.444. The largest absolute Gasteiger partial charge is 0.497 e. The molecule has 0 radical (unpaired) electrons. The molecule has 5 heteroatoms. The summed E-state index contributed by atoms with van der Waals surface area (Å²) in [6.07, 6.45) is 0.905. The fourth-order valence-corrected chi connectivity index (χ4v) is 2.21. The Balaban J connectivity index is 1.97. The molecule has 0 aliphatic rings. The Morgan fingerprint density at radius 2 is 1.91 bits per heavy atom. The molecular formula is C18H26N4O. The van der Waals surface area contributed by atoms with Crippen molar-refractivity contribution in [2.75, 3.05) is 24.3 Å². The predicted molar refractivity (Wildman–Crippen MR) is 95.3 cm³/mol. The molecule has 0 saturated carbocycles. The van der Waals surface area contributed by atoms with Crippen molar-refractivity contribution in [3.63, 3.8) is 0 Å². The first-order valence-electron chi connectivity index (χ1n) is 7.86. The number of methoxy groups -OCH3 is 1. The third-order valence-corrected chi connectivity index (χ3v) is 3.19. The molecule has 0 aliphatic heterocycles. The Labute approximate surface area is 138 Å². The minimum absolute atomic E-state index is 0.0638. The maximum Gasteiger partial charge on any atom is 0.225 e. The highest BCUT2D eigenvalue weighted by Gasteiger charge is 2.12. The zero-order chi connectivity index (χ0) is 16.9. The molecule has 0 atom stereocenters.